The van der Waals surface area contributed by atoms with Crippen molar-refractivity contribution in [3.63, 3.8) is 0 Å². The average molecular weight is 321 g/mol. The first-order valence-corrected chi connectivity index (χ1v) is 7.08. The third-order valence-electron chi connectivity index (χ3n) is 2.66. The Morgan fingerprint density at radius 1 is 1.27 bits per heavy atom. The summed E-state index contributed by atoms with van der Waals surface area (Å²) in [6.07, 6.45) is 0.726. The van der Waals surface area contributed by atoms with E-state index >= 15 is 0 Å². The first kappa shape index (κ1) is 18.3. The van der Waals surface area contributed by atoms with E-state index < -0.39 is 12.8 Å². The molecule has 0 amide bonds. The van der Waals surface area contributed by atoms with Gasteiger partial charge in [-0.2, -0.15) is 18.3 Å². The number of aromatic nitrogens is 2. The lowest BCUT2D eigenvalue weighted by atomic mass is 10.4. The van der Waals surface area contributed by atoms with Crippen molar-refractivity contribution in [2.24, 2.45) is 4.99 Å². The number of nitrogens with one attached hydrogen (secondary N) is 2. The van der Waals surface area contributed by atoms with Crippen molar-refractivity contribution in [1.29, 1.82) is 0 Å². The van der Waals surface area contributed by atoms with Gasteiger partial charge in [-0.15, -0.1) is 0 Å². The Labute approximate surface area is 127 Å². The number of alkyl halides is 3. The number of ether oxygens (including phenoxy) is 1. The van der Waals surface area contributed by atoms with E-state index in [0.717, 1.165) is 19.5 Å². The van der Waals surface area contributed by atoms with E-state index in [4.69, 9.17) is 0 Å². The molecule has 0 atom stereocenters. The van der Waals surface area contributed by atoms with E-state index in [0.29, 0.717) is 18.9 Å². The lowest BCUT2D eigenvalue weighted by Gasteiger charge is -2.12. The van der Waals surface area contributed by atoms with Gasteiger partial charge in [0.2, 0.25) is 0 Å². The molecule has 1 heterocycles. The lowest BCUT2D eigenvalue weighted by Crippen LogP contribution is -2.38. The van der Waals surface area contributed by atoms with Crippen molar-refractivity contribution in [2.75, 3.05) is 33.4 Å². The molecule has 0 aromatic carbocycles. The molecule has 0 aliphatic carbocycles. The molecule has 0 aliphatic rings. The molecule has 0 bridgehead atoms. The highest BCUT2D eigenvalue weighted by Crippen LogP contribution is 2.14. The minimum atomic E-state index is -4.26. The molecular formula is C13H22F3N5O. The summed E-state index contributed by atoms with van der Waals surface area (Å²) in [5.74, 6) is 0.622. The van der Waals surface area contributed by atoms with Gasteiger partial charge in [-0.25, -0.2) is 0 Å². The number of rotatable bonds is 9. The molecule has 9 heteroatoms. The van der Waals surface area contributed by atoms with Crippen LogP contribution in [0.25, 0.3) is 0 Å². The first-order chi connectivity index (χ1) is 10.5. The molecule has 1 rings (SSSR count). The molecular weight excluding hydrogens is 299 g/mol. The third kappa shape index (κ3) is 9.22. The smallest absolute Gasteiger partial charge is 0.372 e. The van der Waals surface area contributed by atoms with E-state index in [1.54, 1.807) is 13.2 Å². The van der Waals surface area contributed by atoms with E-state index in [2.05, 4.69) is 25.5 Å². The van der Waals surface area contributed by atoms with Crippen LogP contribution in [0.2, 0.25) is 0 Å². The summed E-state index contributed by atoms with van der Waals surface area (Å²) in [5, 5.41) is 10.2. The van der Waals surface area contributed by atoms with Crippen molar-refractivity contribution in [1.82, 2.24) is 20.4 Å². The van der Waals surface area contributed by atoms with Crippen molar-refractivity contribution in [3.05, 3.63) is 18.5 Å². The van der Waals surface area contributed by atoms with E-state index in [1.807, 2.05) is 16.9 Å². The zero-order chi connectivity index (χ0) is 16.3. The van der Waals surface area contributed by atoms with Crippen LogP contribution in [0.3, 0.4) is 0 Å². The Morgan fingerprint density at radius 3 is 2.59 bits per heavy atom. The molecule has 2 N–H and O–H groups in total. The molecule has 1 aromatic rings. The Kier molecular flexibility index (Phi) is 8.34. The second-order valence-corrected chi connectivity index (χ2v) is 4.57. The Bertz CT molecular complexity index is 420. The Balaban J connectivity index is 2.00. The van der Waals surface area contributed by atoms with Gasteiger partial charge in [-0.1, -0.05) is 0 Å². The van der Waals surface area contributed by atoms with E-state index in [1.165, 1.54) is 0 Å². The van der Waals surface area contributed by atoms with Gasteiger partial charge in [0.05, 0.1) is 0 Å². The largest absolute Gasteiger partial charge is 0.411 e. The average Bonchev–Trinajstić information content (AvgIpc) is 2.96. The van der Waals surface area contributed by atoms with Gasteiger partial charge in [0, 0.05) is 45.7 Å². The van der Waals surface area contributed by atoms with Gasteiger partial charge in [0.1, 0.15) is 6.61 Å². The molecule has 0 fully saturated rings. The third-order valence-corrected chi connectivity index (χ3v) is 2.66. The number of aliphatic imine (C=N–C) groups is 1. The first-order valence-electron chi connectivity index (χ1n) is 7.08. The Hall–Kier alpha value is -1.77. The number of guanidine groups is 1. The zero-order valence-electron chi connectivity index (χ0n) is 12.6. The fraction of sp³-hybridized carbons (Fsp3) is 0.692. The maximum absolute atomic E-state index is 11.8. The summed E-state index contributed by atoms with van der Waals surface area (Å²) in [7, 11) is 1.64. The summed E-state index contributed by atoms with van der Waals surface area (Å²) in [6.45, 7) is 0.888. The van der Waals surface area contributed by atoms with Crippen molar-refractivity contribution in [2.45, 2.75) is 25.6 Å². The van der Waals surface area contributed by atoms with Crippen molar-refractivity contribution < 1.29 is 17.9 Å². The van der Waals surface area contributed by atoms with Gasteiger partial charge >= 0.3 is 6.18 Å². The summed E-state index contributed by atoms with van der Waals surface area (Å²) in [4.78, 5) is 4.03. The predicted octanol–water partition coefficient (Wildman–Crippen LogP) is 1.41. The van der Waals surface area contributed by atoms with Crippen LogP contribution in [0.1, 0.15) is 12.8 Å². The minimum absolute atomic E-state index is 0.0583. The van der Waals surface area contributed by atoms with Gasteiger partial charge in [-0.3, -0.25) is 9.67 Å². The van der Waals surface area contributed by atoms with Crippen LogP contribution >= 0.6 is 0 Å². The minimum Gasteiger partial charge on any atom is -0.372 e. The normalized spacial score (nSPS) is 12.5. The van der Waals surface area contributed by atoms with E-state index in [9.17, 15) is 13.2 Å². The van der Waals surface area contributed by atoms with Crippen molar-refractivity contribution in [3.8, 4) is 0 Å². The number of nitrogens with zero attached hydrogens (tertiary/aromatic N) is 3. The standard InChI is InChI=1S/C13H22F3N5O/c1-17-12(18-5-2-8-21-9-3-7-20-21)19-6-4-10-22-11-13(14,15)16/h3,7,9H,2,4-6,8,10-11H2,1H3,(H2,17,18,19). The topological polar surface area (TPSA) is 63.5 Å². The van der Waals surface area contributed by atoms with Crippen molar-refractivity contribution >= 4 is 5.96 Å². The quantitative estimate of drug-likeness (QED) is 0.410. The number of hydrogen-bond acceptors (Lipinski definition) is 3. The SMILES string of the molecule is CN=C(NCCCOCC(F)(F)F)NCCCn1cccn1. The molecule has 0 aliphatic heterocycles. The number of hydrogen-bond donors (Lipinski definition) is 2. The van der Waals surface area contributed by atoms with Gasteiger partial charge in [0.15, 0.2) is 5.96 Å². The zero-order valence-corrected chi connectivity index (χ0v) is 12.6. The molecule has 0 spiro atoms. The van der Waals surface area contributed by atoms with Crippen LogP contribution in [0.5, 0.6) is 0 Å². The molecule has 1 aromatic heterocycles. The predicted molar refractivity (Wildman–Crippen MR) is 77.7 cm³/mol. The van der Waals surface area contributed by atoms with Crippen LogP contribution in [0.15, 0.2) is 23.5 Å². The maximum atomic E-state index is 11.8. The number of halogens is 3. The molecule has 126 valence electrons. The molecule has 0 saturated carbocycles. The van der Waals surface area contributed by atoms with E-state index in [-0.39, 0.29) is 6.61 Å². The lowest BCUT2D eigenvalue weighted by molar-refractivity contribution is -0.173. The fourth-order valence-electron chi connectivity index (χ4n) is 1.67. The highest BCUT2D eigenvalue weighted by Gasteiger charge is 2.27. The summed E-state index contributed by atoms with van der Waals surface area (Å²) < 4.78 is 41.9. The molecule has 0 radical (unpaired) electrons. The highest BCUT2D eigenvalue weighted by atomic mass is 19.4. The second kappa shape index (κ2) is 10.0. The fourth-order valence-corrected chi connectivity index (χ4v) is 1.67. The summed E-state index contributed by atoms with van der Waals surface area (Å²) in [6, 6.07) is 1.87. The van der Waals surface area contributed by atoms with Crippen LogP contribution in [-0.2, 0) is 11.3 Å². The van der Waals surface area contributed by atoms with Crippen LogP contribution < -0.4 is 10.6 Å². The van der Waals surface area contributed by atoms with Crippen LogP contribution in [0.4, 0.5) is 13.2 Å². The van der Waals surface area contributed by atoms with Gasteiger partial charge < -0.3 is 15.4 Å². The summed E-state index contributed by atoms with van der Waals surface area (Å²) >= 11 is 0. The summed E-state index contributed by atoms with van der Waals surface area (Å²) in [5.41, 5.74) is 0. The number of aryl methyl sites for hydroxylation is 1. The second-order valence-electron chi connectivity index (χ2n) is 4.57. The molecule has 22 heavy (non-hydrogen) atoms. The molecule has 0 saturated heterocycles. The highest BCUT2D eigenvalue weighted by molar-refractivity contribution is 5.79. The monoisotopic (exact) mass is 321 g/mol. The molecule has 0 unspecified atom stereocenters. The van der Waals surface area contributed by atoms with Crippen LogP contribution in [-0.4, -0.2) is 55.3 Å². The van der Waals surface area contributed by atoms with Crippen LogP contribution in [0, 0.1) is 0 Å². The maximum Gasteiger partial charge on any atom is 0.411 e. The van der Waals surface area contributed by atoms with Gasteiger partial charge in [0.25, 0.3) is 0 Å². The molecule has 6 nitrogen and oxygen atoms in total. The Morgan fingerprint density at radius 2 is 2.00 bits per heavy atom. The van der Waals surface area contributed by atoms with Gasteiger partial charge in [-0.05, 0) is 18.9 Å².